The number of rotatable bonds is 6. The Balaban J connectivity index is 2.03. The van der Waals surface area contributed by atoms with E-state index in [2.05, 4.69) is 16.9 Å². The van der Waals surface area contributed by atoms with Crippen LogP contribution in [0.3, 0.4) is 0 Å². The zero-order chi connectivity index (χ0) is 11.8. The Morgan fingerprint density at radius 2 is 2.38 bits per heavy atom. The van der Waals surface area contributed by atoms with E-state index in [4.69, 9.17) is 0 Å². The van der Waals surface area contributed by atoms with E-state index in [1.54, 1.807) is 0 Å². The van der Waals surface area contributed by atoms with Gasteiger partial charge in [-0.05, 0) is 31.6 Å². The van der Waals surface area contributed by atoms with Gasteiger partial charge in [0.15, 0.2) is 0 Å². The summed E-state index contributed by atoms with van der Waals surface area (Å²) in [5.74, 6) is 0.195. The lowest BCUT2D eigenvalue weighted by molar-refractivity contribution is -0.140. The van der Waals surface area contributed by atoms with Crippen molar-refractivity contribution in [2.75, 3.05) is 7.11 Å². The van der Waals surface area contributed by atoms with Crippen LogP contribution in [0.1, 0.15) is 32.1 Å². The van der Waals surface area contributed by atoms with Crippen molar-refractivity contribution >= 4 is 5.97 Å². The van der Waals surface area contributed by atoms with Gasteiger partial charge in [0.1, 0.15) is 0 Å². The molecular formula is C13H20O3. The summed E-state index contributed by atoms with van der Waals surface area (Å²) in [7, 11) is 1.41. The van der Waals surface area contributed by atoms with Gasteiger partial charge in [-0.2, -0.15) is 0 Å². The molecule has 0 aromatic heterocycles. The number of allylic oxidation sites excluding steroid dienone is 3. The maximum Gasteiger partial charge on any atom is 0.305 e. The van der Waals surface area contributed by atoms with Crippen molar-refractivity contribution in [3.63, 3.8) is 0 Å². The SMILES string of the molecule is COC(=O)CCC/C=C\C[C@@H]1CC=C[C@@H]1O. The summed E-state index contributed by atoms with van der Waals surface area (Å²) >= 11 is 0. The van der Waals surface area contributed by atoms with Gasteiger partial charge in [0.05, 0.1) is 13.2 Å². The van der Waals surface area contributed by atoms with Crippen LogP contribution in [0.4, 0.5) is 0 Å². The summed E-state index contributed by atoms with van der Waals surface area (Å²) < 4.78 is 4.55. The minimum absolute atomic E-state index is 0.149. The van der Waals surface area contributed by atoms with E-state index in [1.807, 2.05) is 12.2 Å². The first kappa shape index (κ1) is 13.0. The number of hydrogen-bond acceptors (Lipinski definition) is 3. The molecule has 3 nitrogen and oxygen atoms in total. The molecule has 1 aliphatic carbocycles. The summed E-state index contributed by atoms with van der Waals surface area (Å²) in [6.07, 6.45) is 11.9. The van der Waals surface area contributed by atoms with Crippen molar-refractivity contribution in [1.29, 1.82) is 0 Å². The zero-order valence-corrected chi connectivity index (χ0v) is 9.76. The van der Waals surface area contributed by atoms with Crippen molar-refractivity contribution in [3.05, 3.63) is 24.3 Å². The monoisotopic (exact) mass is 224 g/mol. The molecule has 90 valence electrons. The van der Waals surface area contributed by atoms with Crippen LogP contribution in [0.15, 0.2) is 24.3 Å². The number of esters is 1. The predicted molar refractivity (Wildman–Crippen MR) is 62.9 cm³/mol. The average Bonchev–Trinajstić information content (AvgIpc) is 2.69. The molecule has 0 aliphatic heterocycles. The van der Waals surface area contributed by atoms with Crippen molar-refractivity contribution in [2.45, 2.75) is 38.2 Å². The number of ether oxygens (including phenoxy) is 1. The number of unbranched alkanes of at least 4 members (excludes halogenated alkanes) is 1. The van der Waals surface area contributed by atoms with Gasteiger partial charge >= 0.3 is 5.97 Å². The van der Waals surface area contributed by atoms with Crippen molar-refractivity contribution in [2.24, 2.45) is 5.92 Å². The molecule has 1 rings (SSSR count). The molecular weight excluding hydrogens is 204 g/mol. The van der Waals surface area contributed by atoms with Gasteiger partial charge in [-0.3, -0.25) is 4.79 Å². The number of aliphatic hydroxyl groups excluding tert-OH is 1. The van der Waals surface area contributed by atoms with Gasteiger partial charge in [0, 0.05) is 6.42 Å². The average molecular weight is 224 g/mol. The molecule has 0 saturated carbocycles. The fraction of sp³-hybridized carbons (Fsp3) is 0.615. The van der Waals surface area contributed by atoms with Crippen molar-refractivity contribution < 1.29 is 14.6 Å². The molecule has 0 aromatic rings. The van der Waals surface area contributed by atoms with E-state index in [1.165, 1.54) is 7.11 Å². The Morgan fingerprint density at radius 3 is 3.00 bits per heavy atom. The third kappa shape index (κ3) is 4.62. The van der Waals surface area contributed by atoms with Crippen LogP contribution in [0, 0.1) is 5.92 Å². The summed E-state index contributed by atoms with van der Waals surface area (Å²) in [6.45, 7) is 0. The second-order valence-corrected chi connectivity index (χ2v) is 4.09. The fourth-order valence-corrected chi connectivity index (χ4v) is 1.78. The van der Waals surface area contributed by atoms with Gasteiger partial charge in [-0.25, -0.2) is 0 Å². The Kier molecular flexibility index (Phi) is 5.86. The summed E-state index contributed by atoms with van der Waals surface area (Å²) in [5.41, 5.74) is 0. The Labute approximate surface area is 96.8 Å². The van der Waals surface area contributed by atoms with E-state index in [-0.39, 0.29) is 12.1 Å². The third-order valence-corrected chi connectivity index (χ3v) is 2.84. The highest BCUT2D eigenvalue weighted by molar-refractivity contribution is 5.68. The van der Waals surface area contributed by atoms with Gasteiger partial charge < -0.3 is 9.84 Å². The zero-order valence-electron chi connectivity index (χ0n) is 9.76. The van der Waals surface area contributed by atoms with Gasteiger partial charge in [0.2, 0.25) is 0 Å². The molecule has 0 unspecified atom stereocenters. The molecule has 0 spiro atoms. The lowest BCUT2D eigenvalue weighted by Gasteiger charge is -2.10. The van der Waals surface area contributed by atoms with Gasteiger partial charge in [-0.1, -0.05) is 24.3 Å². The molecule has 1 aliphatic rings. The second-order valence-electron chi connectivity index (χ2n) is 4.09. The maximum absolute atomic E-state index is 10.8. The standard InChI is InChI=1S/C13H20O3/c1-16-13(15)10-5-3-2-4-7-11-8-6-9-12(11)14/h2,4,6,9,11-12,14H,3,5,7-8,10H2,1H3/b4-2-/t11-,12+/m1/s1. The highest BCUT2D eigenvalue weighted by atomic mass is 16.5. The van der Waals surface area contributed by atoms with Crippen LogP contribution in [-0.2, 0) is 9.53 Å². The maximum atomic E-state index is 10.8. The smallest absolute Gasteiger partial charge is 0.305 e. The lowest BCUT2D eigenvalue weighted by atomic mass is 10.0. The van der Waals surface area contributed by atoms with E-state index < -0.39 is 0 Å². The molecule has 0 heterocycles. The topological polar surface area (TPSA) is 46.5 Å². The van der Waals surface area contributed by atoms with Crippen molar-refractivity contribution in [3.8, 4) is 0 Å². The van der Waals surface area contributed by atoms with Crippen LogP contribution in [0.5, 0.6) is 0 Å². The number of carbonyl (C=O) groups excluding carboxylic acids is 1. The van der Waals surface area contributed by atoms with E-state index >= 15 is 0 Å². The number of hydrogen-bond donors (Lipinski definition) is 1. The molecule has 0 aromatic carbocycles. The molecule has 0 amide bonds. The molecule has 0 saturated heterocycles. The molecule has 1 N–H and O–H groups in total. The normalized spacial score (nSPS) is 24.1. The van der Waals surface area contributed by atoms with Crippen LogP contribution in [-0.4, -0.2) is 24.3 Å². The molecule has 0 fully saturated rings. The second kappa shape index (κ2) is 7.23. The predicted octanol–water partition coefficient (Wildman–Crippen LogP) is 2.21. The van der Waals surface area contributed by atoms with Crippen LogP contribution < -0.4 is 0 Å². The minimum atomic E-state index is -0.278. The van der Waals surface area contributed by atoms with Gasteiger partial charge in [-0.15, -0.1) is 0 Å². The minimum Gasteiger partial charge on any atom is -0.469 e. The van der Waals surface area contributed by atoms with Crippen LogP contribution in [0.2, 0.25) is 0 Å². The summed E-state index contributed by atoms with van der Waals surface area (Å²) in [4.78, 5) is 10.8. The Bertz CT molecular complexity index is 268. The van der Waals surface area contributed by atoms with E-state index in [0.29, 0.717) is 12.3 Å². The Morgan fingerprint density at radius 1 is 1.56 bits per heavy atom. The molecule has 0 bridgehead atoms. The molecule has 16 heavy (non-hydrogen) atoms. The molecule has 2 atom stereocenters. The third-order valence-electron chi connectivity index (χ3n) is 2.84. The summed E-state index contributed by atoms with van der Waals surface area (Å²) in [5, 5.41) is 9.51. The summed E-state index contributed by atoms with van der Waals surface area (Å²) in [6, 6.07) is 0. The first-order valence-corrected chi connectivity index (χ1v) is 5.80. The Hall–Kier alpha value is -1.09. The first-order valence-electron chi connectivity index (χ1n) is 5.80. The van der Waals surface area contributed by atoms with E-state index in [0.717, 1.165) is 25.7 Å². The van der Waals surface area contributed by atoms with Crippen molar-refractivity contribution in [1.82, 2.24) is 0 Å². The molecule has 0 radical (unpaired) electrons. The molecule has 3 heteroatoms. The van der Waals surface area contributed by atoms with Gasteiger partial charge in [0.25, 0.3) is 0 Å². The highest BCUT2D eigenvalue weighted by Crippen LogP contribution is 2.22. The van der Waals surface area contributed by atoms with Crippen LogP contribution in [0.25, 0.3) is 0 Å². The van der Waals surface area contributed by atoms with Crippen LogP contribution >= 0.6 is 0 Å². The highest BCUT2D eigenvalue weighted by Gasteiger charge is 2.18. The van der Waals surface area contributed by atoms with E-state index in [9.17, 15) is 9.90 Å². The fourth-order valence-electron chi connectivity index (χ4n) is 1.78. The lowest BCUT2D eigenvalue weighted by Crippen LogP contribution is -2.11. The number of methoxy groups -OCH3 is 1. The number of carbonyl (C=O) groups is 1. The number of aliphatic hydroxyl groups is 1. The first-order chi connectivity index (χ1) is 7.74. The quantitative estimate of drug-likeness (QED) is 0.427. The largest absolute Gasteiger partial charge is 0.469 e.